The zero-order valence-corrected chi connectivity index (χ0v) is 20.6. The van der Waals surface area contributed by atoms with Crippen LogP contribution in [0.15, 0.2) is 109 Å². The maximum absolute atomic E-state index is 12.6. The zero-order valence-electron chi connectivity index (χ0n) is 20.6. The summed E-state index contributed by atoms with van der Waals surface area (Å²) in [5, 5.41) is 6.14. The molecule has 2 N–H and O–H groups in total. The molecule has 0 spiro atoms. The summed E-state index contributed by atoms with van der Waals surface area (Å²) in [4.78, 5) is 25.3. The van der Waals surface area contributed by atoms with Gasteiger partial charge in [-0.25, -0.2) is 0 Å². The summed E-state index contributed by atoms with van der Waals surface area (Å²) in [6.07, 6.45) is 2.62. The molecule has 4 aromatic carbocycles. The lowest BCUT2D eigenvalue weighted by Crippen LogP contribution is -2.14. The van der Waals surface area contributed by atoms with Crippen LogP contribution in [0.2, 0.25) is 0 Å². The Morgan fingerprint density at radius 3 is 1.30 bits per heavy atom. The van der Waals surface area contributed by atoms with Crippen molar-refractivity contribution in [3.05, 3.63) is 131 Å². The van der Waals surface area contributed by atoms with Crippen LogP contribution in [0.5, 0.6) is 0 Å². The van der Waals surface area contributed by atoms with E-state index < -0.39 is 0 Å². The molecule has 4 atom stereocenters. The molecule has 0 unspecified atom stereocenters. The van der Waals surface area contributed by atoms with Crippen LogP contribution < -0.4 is 10.6 Å². The predicted molar refractivity (Wildman–Crippen MR) is 148 cm³/mol. The number of nitrogens with one attached hydrogen (secondary N) is 2. The van der Waals surface area contributed by atoms with Crippen LogP contribution >= 0.6 is 0 Å². The van der Waals surface area contributed by atoms with Crippen molar-refractivity contribution in [1.29, 1.82) is 0 Å². The van der Waals surface area contributed by atoms with E-state index in [1.54, 1.807) is 0 Å². The average Bonchev–Trinajstić information content (AvgIpc) is 3.86. The Hall–Kier alpha value is -4.18. The number of amides is 2. The second kappa shape index (κ2) is 10.1. The van der Waals surface area contributed by atoms with Crippen molar-refractivity contribution in [2.45, 2.75) is 31.1 Å². The second-order valence-electron chi connectivity index (χ2n) is 10.3. The number of hydrogen-bond acceptors (Lipinski definition) is 2. The Labute approximate surface area is 217 Å². The van der Waals surface area contributed by atoms with E-state index in [4.69, 9.17) is 0 Å². The first-order valence-electron chi connectivity index (χ1n) is 13.0. The van der Waals surface area contributed by atoms with E-state index in [1.165, 1.54) is 22.3 Å². The van der Waals surface area contributed by atoms with Crippen molar-refractivity contribution in [3.8, 4) is 0 Å². The lowest BCUT2D eigenvalue weighted by Gasteiger charge is -2.09. The first-order valence-corrected chi connectivity index (χ1v) is 13.0. The maximum Gasteiger partial charge on any atom is 0.228 e. The summed E-state index contributed by atoms with van der Waals surface area (Å²) in [6.45, 7) is 0. The van der Waals surface area contributed by atoms with Gasteiger partial charge in [0.2, 0.25) is 11.8 Å². The number of rotatable bonds is 8. The molecule has 0 aromatic heterocycles. The highest BCUT2D eigenvalue weighted by atomic mass is 16.2. The van der Waals surface area contributed by atoms with Crippen molar-refractivity contribution < 1.29 is 9.59 Å². The molecule has 4 heteroatoms. The number of benzene rings is 4. The van der Waals surface area contributed by atoms with E-state index in [2.05, 4.69) is 59.2 Å². The fourth-order valence-electron chi connectivity index (χ4n) is 5.22. The lowest BCUT2D eigenvalue weighted by molar-refractivity contribution is -0.118. The Morgan fingerprint density at radius 1 is 0.541 bits per heavy atom. The van der Waals surface area contributed by atoms with Crippen molar-refractivity contribution in [2.24, 2.45) is 11.8 Å². The van der Waals surface area contributed by atoms with Crippen molar-refractivity contribution in [3.63, 3.8) is 0 Å². The minimum absolute atomic E-state index is 0.0604. The van der Waals surface area contributed by atoms with E-state index >= 15 is 0 Å². The van der Waals surface area contributed by atoms with E-state index in [0.717, 1.165) is 30.6 Å². The molecule has 2 saturated carbocycles. The van der Waals surface area contributed by atoms with Gasteiger partial charge in [0.15, 0.2) is 0 Å². The van der Waals surface area contributed by atoms with Gasteiger partial charge in [-0.1, -0.05) is 84.9 Å². The minimum Gasteiger partial charge on any atom is -0.326 e. The predicted octanol–water partition coefficient (Wildman–Crippen LogP) is 6.76. The number of carbonyl (C=O) groups excluding carboxylic acids is 2. The van der Waals surface area contributed by atoms with Crippen LogP contribution in [-0.4, -0.2) is 11.8 Å². The molecule has 6 rings (SSSR count). The third-order valence-electron chi connectivity index (χ3n) is 7.56. The van der Waals surface area contributed by atoms with Crippen LogP contribution in [-0.2, 0) is 16.0 Å². The van der Waals surface area contributed by atoms with Crippen LogP contribution in [0.1, 0.15) is 46.9 Å². The monoisotopic (exact) mass is 486 g/mol. The molecule has 0 aliphatic heterocycles. The number of carbonyl (C=O) groups is 2. The quantitative estimate of drug-likeness (QED) is 0.289. The Bertz CT molecular complexity index is 1270. The van der Waals surface area contributed by atoms with Gasteiger partial charge in [0.05, 0.1) is 0 Å². The third kappa shape index (κ3) is 5.49. The van der Waals surface area contributed by atoms with E-state index in [-0.39, 0.29) is 23.7 Å². The van der Waals surface area contributed by atoms with Gasteiger partial charge < -0.3 is 10.6 Å². The van der Waals surface area contributed by atoms with Gasteiger partial charge in [-0.15, -0.1) is 0 Å². The van der Waals surface area contributed by atoms with Crippen molar-refractivity contribution in [1.82, 2.24) is 0 Å². The topological polar surface area (TPSA) is 58.2 Å². The SMILES string of the molecule is O=C(Nc1ccc(Cc2ccc(NC(=O)[C@@H]3C[C@@H]3c3ccccc3)cc2)cc1)[C@@H]1C[C@@H]1c1ccccc1. The highest BCUT2D eigenvalue weighted by molar-refractivity contribution is 5.96. The van der Waals surface area contributed by atoms with Gasteiger partial charge in [-0.2, -0.15) is 0 Å². The van der Waals surface area contributed by atoms with Gasteiger partial charge in [-0.05, 0) is 77.6 Å². The molecule has 4 nitrogen and oxygen atoms in total. The fraction of sp³-hybridized carbons (Fsp3) is 0.212. The molecule has 0 saturated heterocycles. The van der Waals surface area contributed by atoms with Crippen LogP contribution in [0.25, 0.3) is 0 Å². The van der Waals surface area contributed by atoms with Crippen LogP contribution in [0.3, 0.4) is 0 Å². The van der Waals surface area contributed by atoms with Gasteiger partial charge in [0.25, 0.3) is 0 Å². The van der Waals surface area contributed by atoms with Gasteiger partial charge in [-0.3, -0.25) is 9.59 Å². The van der Waals surface area contributed by atoms with E-state index in [9.17, 15) is 9.59 Å². The molecule has 37 heavy (non-hydrogen) atoms. The average molecular weight is 487 g/mol. The van der Waals surface area contributed by atoms with E-state index in [1.807, 2.05) is 60.7 Å². The number of anilines is 2. The summed E-state index contributed by atoms with van der Waals surface area (Å²) in [7, 11) is 0. The molecule has 184 valence electrons. The molecule has 4 aromatic rings. The Morgan fingerprint density at radius 2 is 0.919 bits per heavy atom. The minimum atomic E-state index is 0.0604. The normalized spacial score (nSPS) is 21.6. The fourth-order valence-corrected chi connectivity index (χ4v) is 5.22. The summed E-state index contributed by atoms with van der Waals surface area (Å²) < 4.78 is 0. The van der Waals surface area contributed by atoms with Crippen LogP contribution in [0, 0.1) is 11.8 Å². The molecule has 2 aliphatic rings. The van der Waals surface area contributed by atoms with Crippen molar-refractivity contribution >= 4 is 23.2 Å². The highest BCUT2D eigenvalue weighted by Crippen LogP contribution is 2.48. The smallest absolute Gasteiger partial charge is 0.228 e. The molecule has 0 radical (unpaired) electrons. The first kappa shape index (κ1) is 23.2. The van der Waals surface area contributed by atoms with E-state index in [0.29, 0.717) is 11.8 Å². The third-order valence-corrected chi connectivity index (χ3v) is 7.56. The standard InChI is InChI=1S/C33H30N2O2/c36-32(30-20-28(30)24-7-3-1-4-8-24)34-26-15-11-22(12-16-26)19-23-13-17-27(18-14-23)35-33(37)31-21-29(31)25-9-5-2-6-10-25/h1-18,28-31H,19-21H2,(H,34,36)(H,35,37)/t28-,29-,30-,31-/m1/s1. The number of hydrogen-bond donors (Lipinski definition) is 2. The Kier molecular flexibility index (Phi) is 6.32. The summed E-state index contributed by atoms with van der Waals surface area (Å²) >= 11 is 0. The highest BCUT2D eigenvalue weighted by Gasteiger charge is 2.44. The molecular weight excluding hydrogens is 456 g/mol. The van der Waals surface area contributed by atoms with Crippen molar-refractivity contribution in [2.75, 3.05) is 10.6 Å². The Balaban J connectivity index is 0.985. The molecule has 2 aliphatic carbocycles. The summed E-state index contributed by atoms with van der Waals surface area (Å²) in [6, 6.07) is 36.6. The largest absolute Gasteiger partial charge is 0.326 e. The maximum atomic E-state index is 12.6. The zero-order chi connectivity index (χ0) is 25.2. The summed E-state index contributed by atoms with van der Waals surface area (Å²) in [5.74, 6) is 0.988. The van der Waals surface area contributed by atoms with Gasteiger partial charge in [0, 0.05) is 23.2 Å². The molecular formula is C33H30N2O2. The van der Waals surface area contributed by atoms with Gasteiger partial charge in [0.1, 0.15) is 0 Å². The summed E-state index contributed by atoms with van der Waals surface area (Å²) in [5.41, 5.74) is 6.50. The van der Waals surface area contributed by atoms with Crippen LogP contribution in [0.4, 0.5) is 11.4 Å². The van der Waals surface area contributed by atoms with Gasteiger partial charge >= 0.3 is 0 Å². The second-order valence-corrected chi connectivity index (χ2v) is 10.3. The molecule has 0 heterocycles. The molecule has 0 bridgehead atoms. The first-order chi connectivity index (χ1) is 18.1. The molecule has 2 amide bonds. The lowest BCUT2D eigenvalue weighted by atomic mass is 10.0. The molecule has 2 fully saturated rings.